The summed E-state index contributed by atoms with van der Waals surface area (Å²) in [5.74, 6) is 1.38. The Bertz CT molecular complexity index is 260. The van der Waals surface area contributed by atoms with E-state index in [4.69, 9.17) is 9.47 Å². The van der Waals surface area contributed by atoms with Crippen LogP contribution in [0.5, 0.6) is 11.5 Å². The van der Waals surface area contributed by atoms with E-state index in [1.165, 1.54) is 0 Å². The van der Waals surface area contributed by atoms with Gasteiger partial charge in [-0.2, -0.15) is 0 Å². The number of benzene rings is 1. The van der Waals surface area contributed by atoms with E-state index in [-0.39, 0.29) is 0 Å². The zero-order valence-corrected chi connectivity index (χ0v) is 9.28. The molecule has 2 nitrogen and oxygen atoms in total. The molecule has 0 aromatic heterocycles. The summed E-state index contributed by atoms with van der Waals surface area (Å²) in [4.78, 5) is 0.827. The van der Waals surface area contributed by atoms with Crippen molar-refractivity contribution in [2.75, 3.05) is 14.2 Å². The summed E-state index contributed by atoms with van der Waals surface area (Å²) in [5.41, 5.74) is 0. The topological polar surface area (TPSA) is 18.5 Å². The van der Waals surface area contributed by atoms with E-state index >= 15 is 0 Å². The molecule has 0 aliphatic carbocycles. The summed E-state index contributed by atoms with van der Waals surface area (Å²) in [5, 5.41) is 0. The van der Waals surface area contributed by atoms with Crippen molar-refractivity contribution in [2.24, 2.45) is 0 Å². The molecule has 0 aliphatic rings. The van der Waals surface area contributed by atoms with Crippen LogP contribution in [0.3, 0.4) is 0 Å². The minimum atomic E-state index is 0.686. The van der Waals surface area contributed by atoms with Crippen LogP contribution in [-0.2, 0) is 0 Å². The fourth-order valence-corrected chi connectivity index (χ4v) is 1.35. The molecule has 0 atom stereocenters. The molecule has 1 aromatic rings. The van der Waals surface area contributed by atoms with E-state index in [0.717, 1.165) is 9.37 Å². The van der Waals surface area contributed by atoms with E-state index in [1.807, 2.05) is 6.07 Å². The molecular formula is C8H9BrO2S. The Morgan fingerprint density at radius 3 is 2.17 bits per heavy atom. The van der Waals surface area contributed by atoms with E-state index in [9.17, 15) is 0 Å². The van der Waals surface area contributed by atoms with Gasteiger partial charge in [0.2, 0.25) is 0 Å². The number of rotatable bonds is 2. The minimum Gasteiger partial charge on any atom is -0.493 e. The van der Waals surface area contributed by atoms with E-state index in [2.05, 4.69) is 28.6 Å². The maximum absolute atomic E-state index is 5.08. The highest BCUT2D eigenvalue weighted by Gasteiger charge is 2.06. The van der Waals surface area contributed by atoms with Crippen molar-refractivity contribution in [1.29, 1.82) is 0 Å². The van der Waals surface area contributed by atoms with Crippen LogP contribution in [0.1, 0.15) is 0 Å². The van der Waals surface area contributed by atoms with Gasteiger partial charge < -0.3 is 9.47 Å². The highest BCUT2D eigenvalue weighted by atomic mass is 79.9. The Kier molecular flexibility index (Phi) is 3.29. The second-order valence-electron chi connectivity index (χ2n) is 2.16. The first-order valence-electron chi connectivity index (χ1n) is 3.29. The minimum absolute atomic E-state index is 0.686. The summed E-state index contributed by atoms with van der Waals surface area (Å²) >= 11 is 7.56. The third-order valence-electron chi connectivity index (χ3n) is 1.45. The van der Waals surface area contributed by atoms with Gasteiger partial charge in [-0.15, -0.1) is 12.6 Å². The molecule has 0 amide bonds. The second-order valence-corrected chi connectivity index (χ2v) is 3.49. The predicted molar refractivity (Wildman–Crippen MR) is 54.5 cm³/mol. The van der Waals surface area contributed by atoms with Crippen LogP contribution in [0.15, 0.2) is 21.5 Å². The van der Waals surface area contributed by atoms with Crippen LogP contribution >= 0.6 is 28.6 Å². The van der Waals surface area contributed by atoms with E-state index in [0.29, 0.717) is 11.5 Å². The number of hydrogen-bond donors (Lipinski definition) is 1. The summed E-state index contributed by atoms with van der Waals surface area (Å²) in [6.45, 7) is 0. The first-order chi connectivity index (χ1) is 5.69. The van der Waals surface area contributed by atoms with Crippen LogP contribution in [0.4, 0.5) is 0 Å². The number of halogens is 1. The Labute approximate surface area is 85.4 Å². The fraction of sp³-hybridized carbons (Fsp3) is 0.250. The van der Waals surface area contributed by atoms with Gasteiger partial charge in [-0.05, 0) is 28.1 Å². The van der Waals surface area contributed by atoms with Gasteiger partial charge in [0.25, 0.3) is 0 Å². The summed E-state index contributed by atoms with van der Waals surface area (Å²) in [6.07, 6.45) is 0. The van der Waals surface area contributed by atoms with E-state index in [1.54, 1.807) is 20.3 Å². The normalized spacial score (nSPS) is 9.67. The lowest BCUT2D eigenvalue weighted by atomic mass is 10.3. The molecule has 0 radical (unpaired) electrons. The van der Waals surface area contributed by atoms with Gasteiger partial charge >= 0.3 is 0 Å². The molecule has 0 aliphatic heterocycles. The van der Waals surface area contributed by atoms with Crippen molar-refractivity contribution in [1.82, 2.24) is 0 Å². The summed E-state index contributed by atoms with van der Waals surface area (Å²) in [7, 11) is 3.20. The maximum Gasteiger partial charge on any atom is 0.161 e. The van der Waals surface area contributed by atoms with Crippen LogP contribution in [0.25, 0.3) is 0 Å². The largest absolute Gasteiger partial charge is 0.493 e. The third kappa shape index (κ3) is 1.87. The number of methoxy groups -OCH3 is 2. The van der Waals surface area contributed by atoms with Gasteiger partial charge in [-0.3, -0.25) is 0 Å². The van der Waals surface area contributed by atoms with Crippen molar-refractivity contribution in [2.45, 2.75) is 4.90 Å². The Hall–Kier alpha value is -0.350. The van der Waals surface area contributed by atoms with Crippen molar-refractivity contribution in [3.8, 4) is 11.5 Å². The standard InChI is InChI=1S/C8H9BrO2S/c1-10-6-3-5(9)8(12)4-7(6)11-2/h3-4,12H,1-2H3. The van der Waals surface area contributed by atoms with Crippen molar-refractivity contribution >= 4 is 28.6 Å². The Morgan fingerprint density at radius 2 is 1.67 bits per heavy atom. The predicted octanol–water partition coefficient (Wildman–Crippen LogP) is 2.76. The fourth-order valence-electron chi connectivity index (χ4n) is 0.843. The van der Waals surface area contributed by atoms with Crippen LogP contribution in [-0.4, -0.2) is 14.2 Å². The average molecular weight is 249 g/mol. The molecule has 0 N–H and O–H groups in total. The molecule has 1 aromatic carbocycles. The molecule has 0 unspecified atom stereocenters. The van der Waals surface area contributed by atoms with Gasteiger partial charge in [-0.1, -0.05) is 0 Å². The quantitative estimate of drug-likeness (QED) is 0.812. The van der Waals surface area contributed by atoms with Gasteiger partial charge in [0.05, 0.1) is 14.2 Å². The third-order valence-corrected chi connectivity index (χ3v) is 2.79. The molecule has 0 saturated carbocycles. The highest BCUT2D eigenvalue weighted by molar-refractivity contribution is 9.10. The second kappa shape index (κ2) is 4.05. The van der Waals surface area contributed by atoms with Crippen LogP contribution < -0.4 is 9.47 Å². The number of thiol groups is 1. The Morgan fingerprint density at radius 1 is 1.17 bits per heavy atom. The van der Waals surface area contributed by atoms with Crippen molar-refractivity contribution in [3.05, 3.63) is 16.6 Å². The first-order valence-corrected chi connectivity index (χ1v) is 4.53. The van der Waals surface area contributed by atoms with Gasteiger partial charge in [0.15, 0.2) is 11.5 Å². The zero-order chi connectivity index (χ0) is 9.14. The molecule has 1 rings (SSSR count). The van der Waals surface area contributed by atoms with Gasteiger partial charge in [0.1, 0.15) is 0 Å². The van der Waals surface area contributed by atoms with Crippen molar-refractivity contribution in [3.63, 3.8) is 0 Å². The van der Waals surface area contributed by atoms with Gasteiger partial charge in [-0.25, -0.2) is 0 Å². The molecule has 4 heteroatoms. The Balaban J connectivity index is 3.19. The monoisotopic (exact) mass is 248 g/mol. The number of ether oxygens (including phenoxy) is 2. The van der Waals surface area contributed by atoms with E-state index < -0.39 is 0 Å². The maximum atomic E-state index is 5.08. The molecule has 66 valence electrons. The molecule has 0 heterocycles. The lowest BCUT2D eigenvalue weighted by Crippen LogP contribution is -1.90. The highest BCUT2D eigenvalue weighted by Crippen LogP contribution is 2.34. The SMILES string of the molecule is COc1cc(S)c(Br)cc1OC. The molecule has 0 saturated heterocycles. The lowest BCUT2D eigenvalue weighted by Gasteiger charge is -2.08. The van der Waals surface area contributed by atoms with Crippen LogP contribution in [0.2, 0.25) is 0 Å². The number of hydrogen-bond acceptors (Lipinski definition) is 3. The van der Waals surface area contributed by atoms with Crippen LogP contribution in [0, 0.1) is 0 Å². The molecule has 0 fully saturated rings. The smallest absolute Gasteiger partial charge is 0.161 e. The molecule has 12 heavy (non-hydrogen) atoms. The molecule has 0 spiro atoms. The lowest BCUT2D eigenvalue weighted by molar-refractivity contribution is 0.353. The molecular weight excluding hydrogens is 240 g/mol. The molecule has 0 bridgehead atoms. The average Bonchev–Trinajstić information content (AvgIpc) is 2.09. The zero-order valence-electron chi connectivity index (χ0n) is 6.80. The summed E-state index contributed by atoms with van der Waals surface area (Å²) < 4.78 is 11.1. The summed E-state index contributed by atoms with van der Waals surface area (Å²) in [6, 6.07) is 3.62. The first kappa shape index (κ1) is 9.74. The van der Waals surface area contributed by atoms with Crippen molar-refractivity contribution < 1.29 is 9.47 Å². The van der Waals surface area contributed by atoms with Gasteiger partial charge in [0, 0.05) is 9.37 Å².